The minimum absolute atomic E-state index is 0.000956. The molecule has 6 heteroatoms. The average Bonchev–Trinajstić information content (AvgIpc) is 2.79. The van der Waals surface area contributed by atoms with Gasteiger partial charge in [-0.25, -0.2) is 9.18 Å². The van der Waals surface area contributed by atoms with E-state index in [1.807, 2.05) is 0 Å². The summed E-state index contributed by atoms with van der Waals surface area (Å²) in [5.41, 5.74) is 1.61. The Kier molecular flexibility index (Phi) is 3.31. The van der Waals surface area contributed by atoms with Gasteiger partial charge < -0.3 is 10.0 Å². The van der Waals surface area contributed by atoms with E-state index in [1.54, 1.807) is 22.8 Å². The second-order valence-corrected chi connectivity index (χ2v) is 5.75. The molecule has 1 atom stereocenters. The Bertz CT molecular complexity index is 599. The zero-order valence-electron chi connectivity index (χ0n) is 11.8. The highest BCUT2D eigenvalue weighted by molar-refractivity contribution is 5.94. The Morgan fingerprint density at radius 1 is 1.38 bits per heavy atom. The third-order valence-corrected chi connectivity index (χ3v) is 4.45. The standard InChI is InChI=1S/C15H17FN2O3/c1-9(14(19)20)11-7-17(8-11)15(21)18-5-4-10-2-3-12(16)6-13(10)18/h2-3,6,9,11H,4-5,7-8H2,1H3,(H,19,20). The predicted molar refractivity (Wildman–Crippen MR) is 74.7 cm³/mol. The molecule has 0 spiro atoms. The van der Waals surface area contributed by atoms with Crippen LogP contribution < -0.4 is 4.90 Å². The lowest BCUT2D eigenvalue weighted by Crippen LogP contribution is -2.57. The van der Waals surface area contributed by atoms with Gasteiger partial charge in [-0.05, 0) is 24.1 Å². The van der Waals surface area contributed by atoms with Crippen LogP contribution in [-0.2, 0) is 11.2 Å². The molecule has 2 amide bonds. The Balaban J connectivity index is 1.67. The zero-order valence-corrected chi connectivity index (χ0v) is 11.8. The van der Waals surface area contributed by atoms with Gasteiger partial charge >= 0.3 is 12.0 Å². The summed E-state index contributed by atoms with van der Waals surface area (Å²) >= 11 is 0. The van der Waals surface area contributed by atoms with E-state index >= 15 is 0 Å². The first-order chi connectivity index (χ1) is 9.97. The highest BCUT2D eigenvalue weighted by Gasteiger charge is 2.40. The van der Waals surface area contributed by atoms with E-state index in [0.29, 0.717) is 25.3 Å². The maximum absolute atomic E-state index is 13.3. The summed E-state index contributed by atoms with van der Waals surface area (Å²) in [6.45, 7) is 3.11. The number of urea groups is 1. The van der Waals surface area contributed by atoms with Crippen molar-refractivity contribution in [2.75, 3.05) is 24.5 Å². The van der Waals surface area contributed by atoms with Gasteiger partial charge in [0.15, 0.2) is 0 Å². The quantitative estimate of drug-likeness (QED) is 0.906. The van der Waals surface area contributed by atoms with Gasteiger partial charge in [-0.3, -0.25) is 9.69 Å². The Labute approximate surface area is 122 Å². The van der Waals surface area contributed by atoms with Gasteiger partial charge in [-0.1, -0.05) is 13.0 Å². The Morgan fingerprint density at radius 3 is 2.76 bits per heavy atom. The number of carbonyl (C=O) groups excluding carboxylic acids is 1. The van der Waals surface area contributed by atoms with Crippen molar-refractivity contribution in [2.45, 2.75) is 13.3 Å². The minimum Gasteiger partial charge on any atom is -0.481 e. The van der Waals surface area contributed by atoms with E-state index in [4.69, 9.17) is 5.11 Å². The molecule has 0 bridgehead atoms. The van der Waals surface area contributed by atoms with Crippen molar-refractivity contribution in [1.29, 1.82) is 0 Å². The number of likely N-dealkylation sites (tertiary alicyclic amines) is 1. The smallest absolute Gasteiger partial charge is 0.324 e. The fourth-order valence-electron chi connectivity index (χ4n) is 2.91. The predicted octanol–water partition coefficient (Wildman–Crippen LogP) is 1.96. The largest absolute Gasteiger partial charge is 0.481 e. The van der Waals surface area contributed by atoms with Crippen LogP contribution in [0.15, 0.2) is 18.2 Å². The molecule has 3 rings (SSSR count). The molecule has 1 N–H and O–H groups in total. The Hall–Kier alpha value is -2.11. The van der Waals surface area contributed by atoms with Crippen molar-refractivity contribution in [3.63, 3.8) is 0 Å². The maximum atomic E-state index is 13.3. The number of anilines is 1. The first kappa shape index (κ1) is 13.9. The second-order valence-electron chi connectivity index (χ2n) is 5.75. The van der Waals surface area contributed by atoms with Crippen LogP contribution in [0.4, 0.5) is 14.9 Å². The van der Waals surface area contributed by atoms with Gasteiger partial charge in [0.2, 0.25) is 0 Å². The first-order valence-electron chi connectivity index (χ1n) is 7.05. The van der Waals surface area contributed by atoms with Gasteiger partial charge in [0.25, 0.3) is 0 Å². The molecule has 0 aliphatic carbocycles. The van der Waals surface area contributed by atoms with Crippen LogP contribution in [0.2, 0.25) is 0 Å². The molecule has 0 radical (unpaired) electrons. The third-order valence-electron chi connectivity index (χ3n) is 4.45. The highest BCUT2D eigenvalue weighted by atomic mass is 19.1. The summed E-state index contributed by atoms with van der Waals surface area (Å²) in [5.74, 6) is -1.63. The number of amides is 2. The molecule has 1 unspecified atom stereocenters. The van der Waals surface area contributed by atoms with Crippen molar-refractivity contribution in [3.8, 4) is 0 Å². The molecule has 0 saturated carbocycles. The lowest BCUT2D eigenvalue weighted by Gasteiger charge is -2.42. The van der Waals surface area contributed by atoms with Crippen molar-refractivity contribution in [2.24, 2.45) is 11.8 Å². The fourth-order valence-corrected chi connectivity index (χ4v) is 2.91. The molecular formula is C15H17FN2O3. The molecule has 21 heavy (non-hydrogen) atoms. The molecule has 112 valence electrons. The molecule has 5 nitrogen and oxygen atoms in total. The number of carboxylic acid groups (broad SMARTS) is 1. The SMILES string of the molecule is CC(C(=O)O)C1CN(C(=O)N2CCc3ccc(F)cc32)C1. The van der Waals surface area contributed by atoms with Crippen LogP contribution in [0.1, 0.15) is 12.5 Å². The first-order valence-corrected chi connectivity index (χ1v) is 7.05. The molecule has 1 aromatic rings. The third kappa shape index (κ3) is 2.34. The van der Waals surface area contributed by atoms with Crippen LogP contribution >= 0.6 is 0 Å². The summed E-state index contributed by atoms with van der Waals surface area (Å²) in [6.07, 6.45) is 0.726. The number of benzene rings is 1. The summed E-state index contributed by atoms with van der Waals surface area (Å²) in [5, 5.41) is 8.96. The van der Waals surface area contributed by atoms with Crippen LogP contribution in [0.5, 0.6) is 0 Å². The van der Waals surface area contributed by atoms with Crippen molar-refractivity contribution in [3.05, 3.63) is 29.6 Å². The number of aliphatic carboxylic acids is 1. The van der Waals surface area contributed by atoms with E-state index in [2.05, 4.69) is 0 Å². The van der Waals surface area contributed by atoms with E-state index in [9.17, 15) is 14.0 Å². The molecular weight excluding hydrogens is 275 g/mol. The summed E-state index contributed by atoms with van der Waals surface area (Å²) in [4.78, 5) is 26.5. The highest BCUT2D eigenvalue weighted by Crippen LogP contribution is 2.32. The number of nitrogens with zero attached hydrogens (tertiary/aromatic N) is 2. The number of hydrogen-bond acceptors (Lipinski definition) is 2. The molecule has 1 fully saturated rings. The molecule has 0 aromatic heterocycles. The van der Waals surface area contributed by atoms with Crippen molar-refractivity contribution >= 4 is 17.7 Å². The van der Waals surface area contributed by atoms with E-state index in [1.165, 1.54) is 12.1 Å². The Morgan fingerprint density at radius 2 is 2.10 bits per heavy atom. The lowest BCUT2D eigenvalue weighted by atomic mass is 9.87. The van der Waals surface area contributed by atoms with Crippen LogP contribution in [0, 0.1) is 17.7 Å². The van der Waals surface area contributed by atoms with Crippen LogP contribution in [0.25, 0.3) is 0 Å². The maximum Gasteiger partial charge on any atom is 0.324 e. The van der Waals surface area contributed by atoms with Gasteiger partial charge in [-0.15, -0.1) is 0 Å². The summed E-state index contributed by atoms with van der Waals surface area (Å²) in [6, 6.07) is 4.34. The number of halogens is 1. The molecule has 2 heterocycles. The number of carboxylic acids is 1. The number of rotatable bonds is 2. The molecule has 2 aliphatic heterocycles. The average molecular weight is 292 g/mol. The molecule has 1 aromatic carbocycles. The minimum atomic E-state index is -0.833. The summed E-state index contributed by atoms with van der Waals surface area (Å²) < 4.78 is 13.3. The van der Waals surface area contributed by atoms with Crippen LogP contribution in [-0.4, -0.2) is 41.6 Å². The number of fused-ring (bicyclic) bond motifs is 1. The summed E-state index contributed by atoms with van der Waals surface area (Å²) in [7, 11) is 0. The monoisotopic (exact) mass is 292 g/mol. The second kappa shape index (κ2) is 5.02. The van der Waals surface area contributed by atoms with Gasteiger partial charge in [0, 0.05) is 25.6 Å². The number of carbonyl (C=O) groups is 2. The lowest BCUT2D eigenvalue weighted by molar-refractivity contribution is -0.144. The van der Waals surface area contributed by atoms with E-state index < -0.39 is 11.9 Å². The molecule has 1 saturated heterocycles. The van der Waals surface area contributed by atoms with Crippen molar-refractivity contribution < 1.29 is 19.1 Å². The van der Waals surface area contributed by atoms with E-state index in [0.717, 1.165) is 12.0 Å². The van der Waals surface area contributed by atoms with E-state index in [-0.39, 0.29) is 17.8 Å². The number of hydrogen-bond donors (Lipinski definition) is 1. The normalized spacial score (nSPS) is 19.1. The van der Waals surface area contributed by atoms with Gasteiger partial charge in [0.1, 0.15) is 5.82 Å². The van der Waals surface area contributed by atoms with Crippen LogP contribution in [0.3, 0.4) is 0 Å². The topological polar surface area (TPSA) is 60.9 Å². The molecule has 2 aliphatic rings. The van der Waals surface area contributed by atoms with Gasteiger partial charge in [-0.2, -0.15) is 0 Å². The van der Waals surface area contributed by atoms with Crippen molar-refractivity contribution in [1.82, 2.24) is 4.90 Å². The van der Waals surface area contributed by atoms with Gasteiger partial charge in [0.05, 0.1) is 11.6 Å². The zero-order chi connectivity index (χ0) is 15.1. The fraction of sp³-hybridized carbons (Fsp3) is 0.467.